The molecule has 4 nitrogen and oxygen atoms in total. The monoisotopic (exact) mass is 280 g/mol. The minimum atomic E-state index is 0.0847. The lowest BCUT2D eigenvalue weighted by Gasteiger charge is -2.39. The molecule has 2 rings (SSSR count). The van der Waals surface area contributed by atoms with Gasteiger partial charge in [-0.3, -0.25) is 10.3 Å². The van der Waals surface area contributed by atoms with Gasteiger partial charge in [0.15, 0.2) is 0 Å². The third kappa shape index (κ3) is 3.39. The predicted molar refractivity (Wildman–Crippen MR) is 81.2 cm³/mol. The van der Waals surface area contributed by atoms with Gasteiger partial charge in [0.2, 0.25) is 0 Å². The fraction of sp³-hybridized carbons (Fsp3) is 0.500. The molecule has 0 amide bonds. The fourth-order valence-electron chi connectivity index (χ4n) is 2.64. The minimum absolute atomic E-state index is 0.0847. The zero-order valence-corrected chi connectivity index (χ0v) is 12.0. The molecular weight excluding hydrogens is 260 g/mol. The van der Waals surface area contributed by atoms with Gasteiger partial charge in [-0.2, -0.15) is 0 Å². The summed E-state index contributed by atoms with van der Waals surface area (Å²) in [5.41, 5.74) is 6.82. The van der Waals surface area contributed by atoms with Crippen LogP contribution in [0.5, 0.6) is 0 Å². The van der Waals surface area contributed by atoms with Gasteiger partial charge in [0.05, 0.1) is 6.04 Å². The smallest absolute Gasteiger partial charge is 0.108 e. The average Bonchev–Trinajstić information content (AvgIpc) is 2.40. The van der Waals surface area contributed by atoms with Crippen molar-refractivity contribution in [2.24, 2.45) is 5.73 Å². The van der Waals surface area contributed by atoms with E-state index in [0.717, 1.165) is 37.6 Å². The summed E-state index contributed by atoms with van der Waals surface area (Å²) < 4.78 is 0. The zero-order valence-electron chi connectivity index (χ0n) is 11.3. The molecule has 1 aromatic rings. The molecule has 5 heteroatoms. The fourth-order valence-corrected chi connectivity index (χ4v) is 2.82. The quantitative estimate of drug-likeness (QED) is 0.656. The highest BCUT2D eigenvalue weighted by Crippen LogP contribution is 2.21. The number of anilines is 1. The van der Waals surface area contributed by atoms with Crippen molar-refractivity contribution in [3.63, 3.8) is 0 Å². The van der Waals surface area contributed by atoms with Crippen molar-refractivity contribution in [1.82, 2.24) is 4.90 Å². The number of nitrogens with zero attached hydrogens (tertiary/aromatic N) is 2. The largest absolute Gasteiger partial charge is 0.386 e. The lowest BCUT2D eigenvalue weighted by molar-refractivity contribution is 0.222. The second kappa shape index (κ2) is 6.26. The van der Waals surface area contributed by atoms with Crippen LogP contribution in [-0.4, -0.2) is 43.0 Å². The molecule has 1 unspecified atom stereocenters. The van der Waals surface area contributed by atoms with Crippen molar-refractivity contribution in [3.8, 4) is 0 Å². The molecule has 0 spiro atoms. The summed E-state index contributed by atoms with van der Waals surface area (Å²) in [5, 5.41) is 8.41. The molecule has 0 radical (unpaired) electrons. The summed E-state index contributed by atoms with van der Waals surface area (Å²) in [5.74, 6) is 0.277. The number of piperazine rings is 1. The Labute approximate surface area is 119 Å². The summed E-state index contributed by atoms with van der Waals surface area (Å²) in [6.07, 6.45) is 0.895. The third-order valence-corrected chi connectivity index (χ3v) is 3.91. The summed E-state index contributed by atoms with van der Waals surface area (Å²) in [4.78, 5) is 4.62. The number of amidine groups is 1. The van der Waals surface area contributed by atoms with Gasteiger partial charge in [0.1, 0.15) is 5.84 Å². The van der Waals surface area contributed by atoms with Crippen molar-refractivity contribution >= 4 is 23.1 Å². The molecule has 19 heavy (non-hydrogen) atoms. The molecule has 104 valence electrons. The molecule has 1 heterocycles. The summed E-state index contributed by atoms with van der Waals surface area (Å²) in [7, 11) is 0. The molecule has 1 aliphatic heterocycles. The molecule has 0 aromatic heterocycles. The van der Waals surface area contributed by atoms with E-state index in [9.17, 15) is 0 Å². The highest BCUT2D eigenvalue weighted by Gasteiger charge is 2.24. The molecule has 3 N–H and O–H groups in total. The lowest BCUT2D eigenvalue weighted by atomic mass is 10.1. The molecule has 1 fully saturated rings. The highest BCUT2D eigenvalue weighted by molar-refractivity contribution is 6.30. The predicted octanol–water partition coefficient (Wildman–Crippen LogP) is 2.18. The van der Waals surface area contributed by atoms with E-state index >= 15 is 0 Å². The Kier molecular flexibility index (Phi) is 4.66. The molecule has 0 bridgehead atoms. The molecule has 0 aliphatic carbocycles. The number of nitrogens with two attached hydrogens (primary N) is 1. The van der Waals surface area contributed by atoms with Crippen molar-refractivity contribution in [3.05, 3.63) is 29.3 Å². The van der Waals surface area contributed by atoms with Crippen molar-refractivity contribution in [2.45, 2.75) is 19.4 Å². The van der Waals surface area contributed by atoms with Gasteiger partial charge in [0, 0.05) is 36.9 Å². The number of hydrogen-bond acceptors (Lipinski definition) is 3. The maximum absolute atomic E-state index is 7.64. The van der Waals surface area contributed by atoms with Crippen molar-refractivity contribution < 1.29 is 0 Å². The molecule has 1 aromatic carbocycles. The minimum Gasteiger partial charge on any atom is -0.386 e. The Bertz CT molecular complexity index is 441. The van der Waals surface area contributed by atoms with Crippen LogP contribution >= 0.6 is 11.6 Å². The summed E-state index contributed by atoms with van der Waals surface area (Å²) in [6.45, 7) is 5.85. The van der Waals surface area contributed by atoms with Crippen LogP contribution in [-0.2, 0) is 0 Å². The van der Waals surface area contributed by atoms with E-state index in [4.69, 9.17) is 22.7 Å². The SMILES string of the molecule is CCC(C(=N)N)N1CCN(c2cccc(Cl)c2)CC1. The van der Waals surface area contributed by atoms with Crippen LogP contribution in [0, 0.1) is 5.41 Å². The van der Waals surface area contributed by atoms with Crippen molar-refractivity contribution in [2.75, 3.05) is 31.1 Å². The Morgan fingerprint density at radius 1 is 1.37 bits per heavy atom. The maximum atomic E-state index is 7.64. The maximum Gasteiger partial charge on any atom is 0.108 e. The first-order chi connectivity index (χ1) is 9.11. The second-order valence-corrected chi connectivity index (χ2v) is 5.32. The van der Waals surface area contributed by atoms with E-state index < -0.39 is 0 Å². The van der Waals surface area contributed by atoms with Gasteiger partial charge in [-0.05, 0) is 24.6 Å². The van der Waals surface area contributed by atoms with E-state index in [0.29, 0.717) is 0 Å². The number of nitrogens with one attached hydrogen (secondary N) is 1. The van der Waals surface area contributed by atoms with Gasteiger partial charge in [-0.25, -0.2) is 0 Å². The lowest BCUT2D eigenvalue weighted by Crippen LogP contribution is -2.53. The van der Waals surface area contributed by atoms with Crippen molar-refractivity contribution in [1.29, 1.82) is 5.41 Å². The van der Waals surface area contributed by atoms with Crippen LogP contribution in [0.3, 0.4) is 0 Å². The topological polar surface area (TPSA) is 56.4 Å². The Hall–Kier alpha value is -1.26. The first kappa shape index (κ1) is 14.2. The van der Waals surface area contributed by atoms with Gasteiger partial charge in [0.25, 0.3) is 0 Å². The molecule has 1 saturated heterocycles. The normalized spacial score (nSPS) is 18.3. The van der Waals surface area contributed by atoms with Crippen LogP contribution in [0.1, 0.15) is 13.3 Å². The number of halogens is 1. The number of rotatable bonds is 4. The van der Waals surface area contributed by atoms with Gasteiger partial charge in [-0.15, -0.1) is 0 Å². The first-order valence-electron chi connectivity index (χ1n) is 6.70. The van der Waals surface area contributed by atoms with Crippen LogP contribution in [0.2, 0.25) is 5.02 Å². The van der Waals surface area contributed by atoms with Gasteiger partial charge >= 0.3 is 0 Å². The molecule has 0 saturated carbocycles. The second-order valence-electron chi connectivity index (χ2n) is 4.88. The average molecular weight is 281 g/mol. The standard InChI is InChI=1S/C14H21ClN4/c1-2-13(14(16)17)19-8-6-18(7-9-19)12-5-3-4-11(15)10-12/h3-5,10,13H,2,6-9H2,1H3,(H3,16,17). The zero-order chi connectivity index (χ0) is 13.8. The molecule has 1 aliphatic rings. The van der Waals surface area contributed by atoms with E-state index in [1.165, 1.54) is 5.69 Å². The van der Waals surface area contributed by atoms with Crippen LogP contribution in [0.15, 0.2) is 24.3 Å². The number of hydrogen-bond donors (Lipinski definition) is 2. The number of benzene rings is 1. The van der Waals surface area contributed by atoms with E-state index in [2.05, 4.69) is 22.8 Å². The van der Waals surface area contributed by atoms with Crippen LogP contribution in [0.4, 0.5) is 5.69 Å². The molecule has 1 atom stereocenters. The van der Waals surface area contributed by atoms with E-state index in [1.54, 1.807) is 0 Å². The summed E-state index contributed by atoms with van der Waals surface area (Å²) in [6, 6.07) is 8.04. The van der Waals surface area contributed by atoms with Crippen LogP contribution in [0.25, 0.3) is 0 Å². The van der Waals surface area contributed by atoms with Crippen LogP contribution < -0.4 is 10.6 Å². The van der Waals surface area contributed by atoms with Gasteiger partial charge in [-0.1, -0.05) is 24.6 Å². The van der Waals surface area contributed by atoms with E-state index in [-0.39, 0.29) is 11.9 Å². The van der Waals surface area contributed by atoms with E-state index in [1.807, 2.05) is 18.2 Å². The Morgan fingerprint density at radius 2 is 2.05 bits per heavy atom. The molecular formula is C14H21ClN4. The third-order valence-electron chi connectivity index (χ3n) is 3.67. The summed E-state index contributed by atoms with van der Waals surface area (Å²) >= 11 is 6.03. The first-order valence-corrected chi connectivity index (χ1v) is 7.08. The Morgan fingerprint density at radius 3 is 2.58 bits per heavy atom. The highest BCUT2D eigenvalue weighted by atomic mass is 35.5. The Balaban J connectivity index is 1.97. The van der Waals surface area contributed by atoms with Gasteiger partial charge < -0.3 is 10.6 Å².